The molecule has 3 fully saturated rings. The van der Waals surface area contributed by atoms with Gasteiger partial charge in [-0.05, 0) is 146 Å². The lowest BCUT2D eigenvalue weighted by molar-refractivity contribution is -0.275. The highest BCUT2D eigenvalue weighted by atomic mass is 79.9. The van der Waals surface area contributed by atoms with Crippen LogP contribution in [-0.4, -0.2) is 79.0 Å². The van der Waals surface area contributed by atoms with E-state index in [2.05, 4.69) is 94.4 Å². The Balaban J connectivity index is 0.000000168. The maximum Gasteiger partial charge on any atom is 0.573 e. The molecule has 0 spiro atoms. The second kappa shape index (κ2) is 33.5. The van der Waals surface area contributed by atoms with Crippen LogP contribution in [-0.2, 0) is 33.0 Å². The molecule has 106 heavy (non-hydrogen) atoms. The summed E-state index contributed by atoms with van der Waals surface area (Å²) in [6, 6.07) is 24.4. The molecule has 12 aromatic rings. The lowest BCUT2D eigenvalue weighted by Gasteiger charge is -2.14. The fourth-order valence-corrected chi connectivity index (χ4v) is 16.7. The Labute approximate surface area is 622 Å². The van der Waals surface area contributed by atoms with E-state index < -0.39 is 84.9 Å². The Morgan fingerprint density at radius 1 is 0.415 bits per heavy atom. The molecule has 6 aromatic heterocycles. The Kier molecular flexibility index (Phi) is 25.0. The Bertz CT molecular complexity index is 5320. The number of anilines is 6. The lowest BCUT2D eigenvalue weighted by atomic mass is 10.1. The molecule has 0 bridgehead atoms. The molecule has 0 saturated heterocycles. The molecule has 36 heteroatoms. The normalized spacial score (nSPS) is 14.8. The van der Waals surface area contributed by atoms with Gasteiger partial charge in [0.05, 0.1) is 43.0 Å². The largest absolute Gasteiger partial charge is 0.573 e. The predicted molar refractivity (Wildman–Crippen MR) is 397 cm³/mol. The zero-order valence-corrected chi connectivity index (χ0v) is 61.0. The maximum absolute atomic E-state index is 15.2. The fraction of sp³-hybridized carbons (Fsp3) is 0.229. The minimum absolute atomic E-state index is 0. The van der Waals surface area contributed by atoms with Crippen molar-refractivity contribution in [2.75, 3.05) is 31.4 Å². The first kappa shape index (κ1) is 79.0. The van der Waals surface area contributed by atoms with Crippen molar-refractivity contribution in [2.45, 2.75) is 116 Å². The molecule has 15 N–H and O–H groups in total. The Morgan fingerprint density at radius 3 is 1.12 bits per heavy atom. The summed E-state index contributed by atoms with van der Waals surface area (Å²) < 4.78 is 181. The van der Waals surface area contributed by atoms with E-state index in [-0.39, 0.29) is 55.1 Å². The monoisotopic (exact) mass is 1650 g/mol. The van der Waals surface area contributed by atoms with Crippen LogP contribution in [0.4, 0.5) is 74.0 Å². The van der Waals surface area contributed by atoms with Gasteiger partial charge in [0.1, 0.15) is 98.9 Å². The standard InChI is InChI=1S/C24H20BrF4N5O2S.C23H20BrF2N5OS.C23H20F3N5OS.3H2O/c25-14-6-8-20(19(10-14)36-24(27,28)29)37(35)33-18-7-5-13(9-17(18)26)16-11-34(15-3-1-2-4-15)23-21(16)22(30)31-12-32-23;24-14-6-8-20(18(26)10-14)33(32)30-19-7-5-13(9-17(19)25)16-11-31(15-3-1-2-4-15)23-21(16)22(27)28-12-29-23;24-14-6-7-17(25)20(10-14)33(32)30-19-8-5-13(9-18(19)26)16-11-31(15-3-1-2-4-15)23-21(16)22(27)28-12-29-23;;;/h5-12,15,33H,1-4H2,(H2,30,31,32);2*5-12,15,30H,1-4H2,(H2,27,28,29);3*1H2. The quantitative estimate of drug-likeness (QED) is 0.0491. The molecule has 3 atom stereocenters. The van der Waals surface area contributed by atoms with Crippen LogP contribution in [0.1, 0.15) is 95.2 Å². The number of hydrogen-bond donors (Lipinski definition) is 6. The topological polar surface area (TPSA) is 361 Å². The zero-order valence-electron chi connectivity index (χ0n) is 55.3. The predicted octanol–water partition coefficient (Wildman–Crippen LogP) is 15.6. The van der Waals surface area contributed by atoms with Gasteiger partial charge >= 0.3 is 6.36 Å². The van der Waals surface area contributed by atoms with Crippen LogP contribution in [0.5, 0.6) is 5.75 Å². The average Bonchev–Trinajstić information content (AvgIpc) is 1.62. The molecule has 22 nitrogen and oxygen atoms in total. The smallest absolute Gasteiger partial charge is 0.412 e. The van der Waals surface area contributed by atoms with Crippen molar-refractivity contribution in [1.82, 2.24) is 43.6 Å². The number of hydrogen-bond acceptors (Lipinski definition) is 13. The summed E-state index contributed by atoms with van der Waals surface area (Å²) in [6.45, 7) is 0. The maximum atomic E-state index is 15.2. The molecule has 0 aliphatic heterocycles. The number of ether oxygens (including phenoxy) is 1. The summed E-state index contributed by atoms with van der Waals surface area (Å²) in [5, 5.41) is 1.95. The van der Waals surface area contributed by atoms with Gasteiger partial charge in [-0.15, -0.1) is 13.2 Å². The number of halogens is 11. The van der Waals surface area contributed by atoms with Crippen LogP contribution in [0.3, 0.4) is 0 Å². The number of benzene rings is 6. The molecular weight excluding hydrogens is 1590 g/mol. The highest BCUT2D eigenvalue weighted by Crippen LogP contribution is 2.44. The van der Waals surface area contributed by atoms with Crippen LogP contribution < -0.4 is 36.1 Å². The number of fused-ring (bicyclic) bond motifs is 3. The van der Waals surface area contributed by atoms with E-state index in [1.165, 1.54) is 79.6 Å². The molecule has 0 radical (unpaired) electrons. The molecule has 3 aliphatic rings. The van der Waals surface area contributed by atoms with Gasteiger partial charge in [0.25, 0.3) is 0 Å². The van der Waals surface area contributed by atoms with Gasteiger partial charge in [0, 0.05) is 62.4 Å². The first-order valence-electron chi connectivity index (χ1n) is 32.2. The molecule has 3 aliphatic carbocycles. The Hall–Kier alpha value is -9.56. The SMILES string of the molecule is Nc1ncnc2c1c(-c1ccc(NS(=O)c3cc(F)ccc3F)c(F)c1)cn2C1CCCC1.Nc1ncnc2c1c(-c1ccc(NS(=O)c3ccc(Br)cc3F)c(F)c1)cn2C1CCCC1.Nc1ncnc2c1c(-c1ccc(NS(=O)c3ccc(Br)cc3OC(F)(F)F)c(F)c1)cn2C1CCCC1.O.O.O. The van der Waals surface area contributed by atoms with Crippen molar-refractivity contribution >= 4 is 132 Å². The molecular formula is C70H66Br2F9N15O7S3. The van der Waals surface area contributed by atoms with Crippen molar-refractivity contribution in [2.24, 2.45) is 0 Å². The average molecular weight is 1660 g/mol. The first-order chi connectivity index (χ1) is 49.4. The van der Waals surface area contributed by atoms with E-state index in [1.54, 1.807) is 24.3 Å². The summed E-state index contributed by atoms with van der Waals surface area (Å²) in [5.74, 6) is -4.07. The number of nitrogen functional groups attached to an aromatic ring is 3. The summed E-state index contributed by atoms with van der Waals surface area (Å²) in [4.78, 5) is 24.9. The summed E-state index contributed by atoms with van der Waals surface area (Å²) >= 11 is 6.22. The molecule has 558 valence electrons. The summed E-state index contributed by atoms with van der Waals surface area (Å²) in [7, 11) is -6.41. The van der Waals surface area contributed by atoms with E-state index in [4.69, 9.17) is 17.2 Å². The van der Waals surface area contributed by atoms with Gasteiger partial charge in [-0.2, -0.15) is 0 Å². The van der Waals surface area contributed by atoms with Crippen LogP contribution in [0.2, 0.25) is 0 Å². The lowest BCUT2D eigenvalue weighted by Crippen LogP contribution is -2.19. The first-order valence-corrected chi connectivity index (χ1v) is 37.2. The fourth-order valence-electron chi connectivity index (χ4n) is 13.2. The minimum Gasteiger partial charge on any atom is -0.412 e. The second-order valence-electron chi connectivity index (χ2n) is 24.5. The highest BCUT2D eigenvalue weighted by molar-refractivity contribution is 9.10. The molecule has 3 unspecified atom stereocenters. The van der Waals surface area contributed by atoms with E-state index >= 15 is 8.78 Å². The van der Waals surface area contributed by atoms with Gasteiger partial charge < -0.3 is 52.1 Å². The number of nitrogens with one attached hydrogen (secondary N) is 3. The van der Waals surface area contributed by atoms with Crippen LogP contribution in [0, 0.1) is 34.9 Å². The molecule has 6 aromatic carbocycles. The second-order valence-corrected chi connectivity index (χ2v) is 29.9. The van der Waals surface area contributed by atoms with Crippen molar-refractivity contribution in [3.05, 3.63) is 191 Å². The number of nitrogens with two attached hydrogens (primary N) is 3. The van der Waals surface area contributed by atoms with Crippen LogP contribution >= 0.6 is 31.9 Å². The summed E-state index contributed by atoms with van der Waals surface area (Å²) in [5.41, 5.74) is 24.1. The number of alkyl halides is 3. The summed E-state index contributed by atoms with van der Waals surface area (Å²) in [6.07, 6.45) is 18.1. The Morgan fingerprint density at radius 2 is 0.764 bits per heavy atom. The van der Waals surface area contributed by atoms with Crippen molar-refractivity contribution in [3.8, 4) is 39.1 Å². The minimum atomic E-state index is -4.99. The van der Waals surface area contributed by atoms with E-state index in [9.17, 15) is 43.4 Å². The van der Waals surface area contributed by atoms with Crippen molar-refractivity contribution in [3.63, 3.8) is 0 Å². The zero-order chi connectivity index (χ0) is 72.5. The van der Waals surface area contributed by atoms with Gasteiger partial charge in [0.2, 0.25) is 0 Å². The van der Waals surface area contributed by atoms with Crippen LogP contribution in [0.25, 0.3) is 66.5 Å². The van der Waals surface area contributed by atoms with Gasteiger partial charge in [-0.25, -0.2) is 68.9 Å². The molecule has 3 saturated carbocycles. The van der Waals surface area contributed by atoms with E-state index in [1.807, 2.05) is 18.6 Å². The molecule has 0 amide bonds. The third-order valence-electron chi connectivity index (χ3n) is 18.0. The third-order valence-corrected chi connectivity index (χ3v) is 22.4. The molecule has 6 heterocycles. The van der Waals surface area contributed by atoms with Crippen molar-refractivity contribution in [1.29, 1.82) is 0 Å². The van der Waals surface area contributed by atoms with E-state index in [0.717, 1.165) is 113 Å². The van der Waals surface area contributed by atoms with Gasteiger partial charge in [0.15, 0.2) is 33.0 Å². The van der Waals surface area contributed by atoms with E-state index in [0.29, 0.717) is 87.9 Å². The number of rotatable bonds is 16. The van der Waals surface area contributed by atoms with Gasteiger partial charge in [-0.1, -0.05) is 88.6 Å². The van der Waals surface area contributed by atoms with Crippen molar-refractivity contribution < 1.29 is 73.3 Å². The van der Waals surface area contributed by atoms with Gasteiger partial charge in [-0.3, -0.25) is 14.2 Å². The third kappa shape index (κ3) is 17.0. The van der Waals surface area contributed by atoms with Crippen LogP contribution in [0.15, 0.2) is 170 Å². The number of nitrogens with zero attached hydrogens (tertiary/aromatic N) is 9. The highest BCUT2D eigenvalue weighted by Gasteiger charge is 2.34. The number of aromatic nitrogens is 9. The molecule has 15 rings (SSSR count).